The number of carbonyl (C=O) groups excluding carboxylic acids is 1. The van der Waals surface area contributed by atoms with Crippen LogP contribution >= 0.6 is 22.6 Å². The molecule has 0 unspecified atom stereocenters. The second-order valence-corrected chi connectivity index (χ2v) is 4.23. The molecular weight excluding hydrogens is 347 g/mol. The number of alkyl halides is 2. The highest BCUT2D eigenvalue weighted by Gasteiger charge is 2.17. The molecule has 1 aromatic rings. The lowest BCUT2D eigenvalue weighted by Gasteiger charge is -2.06. The summed E-state index contributed by atoms with van der Waals surface area (Å²) in [5.41, 5.74) is -1.06. The lowest BCUT2D eigenvalue weighted by Crippen LogP contribution is -2.19. The number of halogens is 3. The average molecular weight is 357 g/mol. The van der Waals surface area contributed by atoms with Crippen molar-refractivity contribution in [3.63, 3.8) is 0 Å². The Balaban J connectivity index is 3.01. The molecule has 0 amide bonds. The van der Waals surface area contributed by atoms with Gasteiger partial charge in [0.2, 0.25) is 5.43 Å². The van der Waals surface area contributed by atoms with E-state index >= 15 is 0 Å². The van der Waals surface area contributed by atoms with E-state index in [-0.39, 0.29) is 16.6 Å². The fourth-order valence-corrected chi connectivity index (χ4v) is 1.86. The number of carbonyl (C=O) groups is 1. The van der Waals surface area contributed by atoms with Gasteiger partial charge in [-0.25, -0.2) is 8.78 Å². The van der Waals surface area contributed by atoms with Gasteiger partial charge in [-0.15, -0.1) is 0 Å². The van der Waals surface area contributed by atoms with Crippen LogP contribution < -0.4 is 5.43 Å². The second kappa shape index (κ2) is 6.08. The van der Waals surface area contributed by atoms with E-state index in [4.69, 9.17) is 4.74 Å². The third-order valence-corrected chi connectivity index (χ3v) is 3.13. The Kier molecular flexibility index (Phi) is 5.03. The zero-order valence-electron chi connectivity index (χ0n) is 8.93. The zero-order valence-corrected chi connectivity index (χ0v) is 11.1. The number of esters is 1. The summed E-state index contributed by atoms with van der Waals surface area (Å²) in [7, 11) is 0. The zero-order chi connectivity index (χ0) is 13.0. The standard InChI is InChI=1S/C10H10F2INO3/c1-2-17-7(15)3-6-8(13)9(16)5(4-14-6)10(11)12/h4,10H,2-3H2,1H3,(H,14,16). The van der Waals surface area contributed by atoms with Gasteiger partial charge >= 0.3 is 5.97 Å². The Morgan fingerprint density at radius 3 is 2.76 bits per heavy atom. The molecule has 7 heteroatoms. The maximum atomic E-state index is 12.4. The summed E-state index contributed by atoms with van der Waals surface area (Å²) in [6.45, 7) is 1.89. The second-order valence-electron chi connectivity index (χ2n) is 3.15. The van der Waals surface area contributed by atoms with Crippen LogP contribution in [0.4, 0.5) is 8.78 Å². The average Bonchev–Trinajstić information content (AvgIpc) is 2.25. The SMILES string of the molecule is CCOC(=O)Cc1[nH]cc(C(F)F)c(=O)c1I. The van der Waals surface area contributed by atoms with Gasteiger partial charge in [-0.2, -0.15) is 0 Å². The summed E-state index contributed by atoms with van der Waals surface area (Å²) in [4.78, 5) is 25.2. The number of hydrogen-bond donors (Lipinski definition) is 1. The Bertz CT molecular complexity index is 473. The van der Waals surface area contributed by atoms with Crippen molar-refractivity contribution in [2.24, 2.45) is 0 Å². The lowest BCUT2D eigenvalue weighted by atomic mass is 10.2. The fraction of sp³-hybridized carbons (Fsp3) is 0.400. The number of H-pyrrole nitrogens is 1. The molecule has 94 valence electrons. The molecule has 0 atom stereocenters. The number of nitrogens with one attached hydrogen (secondary N) is 1. The van der Waals surface area contributed by atoms with Crippen molar-refractivity contribution in [2.45, 2.75) is 19.8 Å². The van der Waals surface area contributed by atoms with Crippen molar-refractivity contribution in [3.05, 3.63) is 31.2 Å². The molecule has 1 aromatic heterocycles. The van der Waals surface area contributed by atoms with Crippen LogP contribution in [0.25, 0.3) is 0 Å². The van der Waals surface area contributed by atoms with Gasteiger partial charge in [0.1, 0.15) is 0 Å². The predicted molar refractivity (Wildman–Crippen MR) is 65.1 cm³/mol. The number of aromatic amines is 1. The van der Waals surface area contributed by atoms with Gasteiger partial charge in [-0.1, -0.05) is 0 Å². The highest BCUT2D eigenvalue weighted by atomic mass is 127. The minimum absolute atomic E-state index is 0.0912. The molecule has 4 nitrogen and oxygen atoms in total. The van der Waals surface area contributed by atoms with Crippen LogP contribution in [-0.2, 0) is 16.0 Å². The molecule has 1 N–H and O–H groups in total. The van der Waals surface area contributed by atoms with Gasteiger partial charge in [0.15, 0.2) is 0 Å². The summed E-state index contributed by atoms with van der Waals surface area (Å²) in [6, 6.07) is 0. The van der Waals surface area contributed by atoms with Gasteiger partial charge in [0.05, 0.1) is 22.2 Å². The van der Waals surface area contributed by atoms with Crippen molar-refractivity contribution in [1.29, 1.82) is 0 Å². The van der Waals surface area contributed by atoms with Crippen molar-refractivity contribution in [2.75, 3.05) is 6.61 Å². The quantitative estimate of drug-likeness (QED) is 0.663. The van der Waals surface area contributed by atoms with E-state index in [2.05, 4.69) is 4.98 Å². The normalized spacial score (nSPS) is 10.6. The number of pyridine rings is 1. The third kappa shape index (κ3) is 3.48. The van der Waals surface area contributed by atoms with Crippen molar-refractivity contribution < 1.29 is 18.3 Å². The molecule has 0 spiro atoms. The van der Waals surface area contributed by atoms with Gasteiger partial charge in [0, 0.05) is 11.9 Å². The molecule has 0 aliphatic carbocycles. The van der Waals surface area contributed by atoms with E-state index in [0.29, 0.717) is 5.69 Å². The highest BCUT2D eigenvalue weighted by Crippen LogP contribution is 2.16. The summed E-state index contributed by atoms with van der Waals surface area (Å²) in [5, 5.41) is 0. The van der Waals surface area contributed by atoms with E-state index in [1.165, 1.54) is 0 Å². The van der Waals surface area contributed by atoms with E-state index in [0.717, 1.165) is 6.20 Å². The lowest BCUT2D eigenvalue weighted by molar-refractivity contribution is -0.142. The maximum Gasteiger partial charge on any atom is 0.311 e. The molecule has 0 bridgehead atoms. The molecule has 0 aromatic carbocycles. The van der Waals surface area contributed by atoms with Crippen molar-refractivity contribution >= 4 is 28.6 Å². The number of rotatable bonds is 4. The highest BCUT2D eigenvalue weighted by molar-refractivity contribution is 14.1. The van der Waals surface area contributed by atoms with Crippen LogP contribution in [0.3, 0.4) is 0 Å². The first-order valence-electron chi connectivity index (χ1n) is 4.81. The first-order chi connectivity index (χ1) is 7.97. The molecular formula is C10H10F2INO3. The van der Waals surface area contributed by atoms with Crippen LogP contribution in [-0.4, -0.2) is 17.6 Å². The van der Waals surface area contributed by atoms with Crippen LogP contribution in [0.2, 0.25) is 0 Å². The van der Waals surface area contributed by atoms with Crippen LogP contribution in [0.1, 0.15) is 24.6 Å². The molecule has 1 rings (SSSR count). The largest absolute Gasteiger partial charge is 0.466 e. The minimum atomic E-state index is -2.83. The molecule has 0 aliphatic rings. The Morgan fingerprint density at radius 1 is 1.59 bits per heavy atom. The molecule has 0 saturated heterocycles. The Labute approximate surface area is 110 Å². The van der Waals surface area contributed by atoms with E-state index in [9.17, 15) is 18.4 Å². The summed E-state index contributed by atoms with van der Waals surface area (Å²) in [5.74, 6) is -0.508. The monoisotopic (exact) mass is 357 g/mol. The van der Waals surface area contributed by atoms with Crippen LogP contribution in [0, 0.1) is 3.57 Å². The smallest absolute Gasteiger partial charge is 0.311 e. The fourth-order valence-electron chi connectivity index (χ4n) is 1.20. The summed E-state index contributed by atoms with van der Waals surface area (Å²) >= 11 is 1.64. The first-order valence-corrected chi connectivity index (χ1v) is 5.89. The predicted octanol–water partition coefficient (Wildman–Crippen LogP) is 2.02. The molecule has 0 fully saturated rings. The number of aromatic nitrogens is 1. The van der Waals surface area contributed by atoms with Gasteiger partial charge in [0.25, 0.3) is 6.43 Å². The molecule has 0 aliphatic heterocycles. The van der Waals surface area contributed by atoms with Crippen LogP contribution in [0.5, 0.6) is 0 Å². The number of hydrogen-bond acceptors (Lipinski definition) is 3. The minimum Gasteiger partial charge on any atom is -0.466 e. The van der Waals surface area contributed by atoms with Crippen molar-refractivity contribution in [1.82, 2.24) is 4.98 Å². The molecule has 0 radical (unpaired) electrons. The van der Waals surface area contributed by atoms with Gasteiger partial charge in [-0.3, -0.25) is 9.59 Å². The maximum absolute atomic E-state index is 12.4. The molecule has 0 saturated carbocycles. The van der Waals surface area contributed by atoms with Crippen LogP contribution in [0.15, 0.2) is 11.0 Å². The Morgan fingerprint density at radius 2 is 2.24 bits per heavy atom. The summed E-state index contributed by atoms with van der Waals surface area (Å²) in [6.07, 6.45) is -2.03. The Hall–Kier alpha value is -0.990. The number of ether oxygens (including phenoxy) is 1. The van der Waals surface area contributed by atoms with Gasteiger partial charge < -0.3 is 9.72 Å². The first kappa shape index (κ1) is 14.1. The molecule has 1 heterocycles. The van der Waals surface area contributed by atoms with E-state index in [1.807, 2.05) is 0 Å². The topological polar surface area (TPSA) is 59.2 Å². The molecule has 17 heavy (non-hydrogen) atoms. The third-order valence-electron chi connectivity index (χ3n) is 1.99. The van der Waals surface area contributed by atoms with Crippen molar-refractivity contribution in [3.8, 4) is 0 Å². The summed E-state index contributed by atoms with van der Waals surface area (Å²) < 4.78 is 29.6. The van der Waals surface area contributed by atoms with E-state index < -0.39 is 23.4 Å². The van der Waals surface area contributed by atoms with E-state index in [1.54, 1.807) is 29.5 Å². The van der Waals surface area contributed by atoms with Gasteiger partial charge in [-0.05, 0) is 29.5 Å².